The minimum absolute atomic E-state index is 0.0965. The number of hydrogen-bond acceptors (Lipinski definition) is 3. The average Bonchev–Trinajstić information content (AvgIpc) is 2.83. The number of rotatable bonds is 4. The number of furan rings is 1. The molecule has 1 fully saturated rings. The summed E-state index contributed by atoms with van der Waals surface area (Å²) in [5.41, 5.74) is 6.61. The third-order valence-electron chi connectivity index (χ3n) is 3.89. The van der Waals surface area contributed by atoms with Crippen molar-refractivity contribution in [2.75, 3.05) is 6.54 Å². The normalized spacial score (nSPS) is 23.3. The molecule has 1 saturated carbocycles. The van der Waals surface area contributed by atoms with Crippen molar-refractivity contribution in [2.24, 2.45) is 5.73 Å². The molecule has 4 heteroatoms. The zero-order valence-electron chi connectivity index (χ0n) is 11.9. The fourth-order valence-corrected chi connectivity index (χ4v) is 2.83. The molecular formula is C15H24N2O2. The van der Waals surface area contributed by atoms with Gasteiger partial charge in [-0.05, 0) is 45.1 Å². The Bertz CT molecular complexity index is 420. The van der Waals surface area contributed by atoms with Crippen molar-refractivity contribution in [1.29, 1.82) is 0 Å². The molecule has 19 heavy (non-hydrogen) atoms. The van der Waals surface area contributed by atoms with Gasteiger partial charge in [-0.25, -0.2) is 0 Å². The summed E-state index contributed by atoms with van der Waals surface area (Å²) in [5, 5.41) is 0. The number of amides is 1. The second-order valence-electron chi connectivity index (χ2n) is 5.51. The lowest BCUT2D eigenvalue weighted by Crippen LogP contribution is -2.44. The molecule has 2 rings (SSSR count). The van der Waals surface area contributed by atoms with Gasteiger partial charge in [0.05, 0.1) is 5.56 Å². The van der Waals surface area contributed by atoms with Crippen molar-refractivity contribution in [3.8, 4) is 0 Å². The van der Waals surface area contributed by atoms with E-state index in [1.807, 2.05) is 17.9 Å². The molecule has 0 aliphatic heterocycles. The van der Waals surface area contributed by atoms with Gasteiger partial charge in [0.15, 0.2) is 0 Å². The van der Waals surface area contributed by atoms with E-state index in [4.69, 9.17) is 10.2 Å². The van der Waals surface area contributed by atoms with Crippen molar-refractivity contribution >= 4 is 5.91 Å². The lowest BCUT2D eigenvalue weighted by molar-refractivity contribution is 0.0626. The van der Waals surface area contributed by atoms with Gasteiger partial charge < -0.3 is 15.1 Å². The quantitative estimate of drug-likeness (QED) is 0.909. The van der Waals surface area contributed by atoms with E-state index in [2.05, 4.69) is 6.92 Å². The number of nitrogens with zero attached hydrogens (tertiary/aromatic N) is 1. The summed E-state index contributed by atoms with van der Waals surface area (Å²) in [7, 11) is 0. The van der Waals surface area contributed by atoms with Gasteiger partial charge in [-0.3, -0.25) is 4.79 Å². The standard InChI is InChI=1S/C15H24N2O2/c1-3-8-17(14-6-4-13(16)5-7-14)15(18)12-9-11(2)19-10-12/h9-10,13-14H,3-8,16H2,1-2H3. The Morgan fingerprint density at radius 3 is 2.63 bits per heavy atom. The molecule has 1 heterocycles. The Labute approximate surface area is 114 Å². The fourth-order valence-electron chi connectivity index (χ4n) is 2.83. The smallest absolute Gasteiger partial charge is 0.257 e. The molecule has 2 N–H and O–H groups in total. The van der Waals surface area contributed by atoms with Crippen LogP contribution in [-0.4, -0.2) is 29.4 Å². The highest BCUT2D eigenvalue weighted by Gasteiger charge is 2.28. The van der Waals surface area contributed by atoms with Gasteiger partial charge in [0.1, 0.15) is 12.0 Å². The van der Waals surface area contributed by atoms with Crippen LogP contribution in [0.5, 0.6) is 0 Å². The second-order valence-corrected chi connectivity index (χ2v) is 5.51. The summed E-state index contributed by atoms with van der Waals surface area (Å²) in [5.74, 6) is 0.879. The monoisotopic (exact) mass is 264 g/mol. The number of nitrogens with two attached hydrogens (primary N) is 1. The molecule has 106 valence electrons. The average molecular weight is 264 g/mol. The summed E-state index contributed by atoms with van der Waals surface area (Å²) in [6.45, 7) is 4.78. The molecule has 0 unspecified atom stereocenters. The van der Waals surface area contributed by atoms with Crippen LogP contribution in [0.4, 0.5) is 0 Å². The molecule has 0 saturated heterocycles. The molecule has 0 bridgehead atoms. The molecule has 0 spiro atoms. The predicted octanol–water partition coefficient (Wildman–Crippen LogP) is 2.71. The van der Waals surface area contributed by atoms with Crippen LogP contribution in [0, 0.1) is 6.92 Å². The second kappa shape index (κ2) is 6.24. The number of carbonyl (C=O) groups excluding carboxylic acids is 1. The van der Waals surface area contributed by atoms with Crippen LogP contribution in [0.2, 0.25) is 0 Å². The molecule has 0 aromatic carbocycles. The molecule has 4 nitrogen and oxygen atoms in total. The Hall–Kier alpha value is -1.29. The van der Waals surface area contributed by atoms with E-state index in [1.54, 1.807) is 6.26 Å². The maximum atomic E-state index is 12.6. The van der Waals surface area contributed by atoms with Crippen LogP contribution in [0.1, 0.15) is 55.1 Å². The van der Waals surface area contributed by atoms with Crippen molar-refractivity contribution in [3.05, 3.63) is 23.7 Å². The van der Waals surface area contributed by atoms with Crippen LogP contribution in [0.25, 0.3) is 0 Å². The summed E-state index contributed by atoms with van der Waals surface area (Å²) in [6.07, 6.45) is 6.61. The Morgan fingerprint density at radius 1 is 1.42 bits per heavy atom. The Balaban J connectivity index is 2.08. The predicted molar refractivity (Wildman–Crippen MR) is 75.0 cm³/mol. The zero-order chi connectivity index (χ0) is 13.8. The summed E-state index contributed by atoms with van der Waals surface area (Å²) in [6, 6.07) is 2.47. The van der Waals surface area contributed by atoms with Crippen molar-refractivity contribution in [3.63, 3.8) is 0 Å². The molecule has 1 aromatic heterocycles. The largest absolute Gasteiger partial charge is 0.469 e. The highest BCUT2D eigenvalue weighted by molar-refractivity contribution is 5.94. The first-order valence-corrected chi connectivity index (χ1v) is 7.23. The first-order chi connectivity index (χ1) is 9.11. The van der Waals surface area contributed by atoms with E-state index in [0.29, 0.717) is 17.6 Å². The van der Waals surface area contributed by atoms with E-state index in [1.165, 1.54) is 0 Å². The van der Waals surface area contributed by atoms with Gasteiger partial charge in [-0.2, -0.15) is 0 Å². The molecule has 1 aliphatic carbocycles. The van der Waals surface area contributed by atoms with E-state index in [0.717, 1.165) is 44.4 Å². The first-order valence-electron chi connectivity index (χ1n) is 7.23. The van der Waals surface area contributed by atoms with E-state index >= 15 is 0 Å². The maximum absolute atomic E-state index is 12.6. The van der Waals surface area contributed by atoms with Gasteiger partial charge in [0, 0.05) is 18.6 Å². The number of hydrogen-bond donors (Lipinski definition) is 1. The SMILES string of the molecule is CCCN(C(=O)c1coc(C)c1)C1CCC(N)CC1. The maximum Gasteiger partial charge on any atom is 0.257 e. The molecular weight excluding hydrogens is 240 g/mol. The van der Waals surface area contributed by atoms with Crippen LogP contribution >= 0.6 is 0 Å². The van der Waals surface area contributed by atoms with Gasteiger partial charge >= 0.3 is 0 Å². The highest BCUT2D eigenvalue weighted by atomic mass is 16.3. The summed E-state index contributed by atoms with van der Waals surface area (Å²) >= 11 is 0. The van der Waals surface area contributed by atoms with Crippen LogP contribution in [0.3, 0.4) is 0 Å². The molecule has 0 radical (unpaired) electrons. The Kier molecular flexibility index (Phi) is 4.64. The molecule has 0 atom stereocenters. The highest BCUT2D eigenvalue weighted by Crippen LogP contribution is 2.24. The van der Waals surface area contributed by atoms with Crippen molar-refractivity contribution in [1.82, 2.24) is 4.90 Å². The topological polar surface area (TPSA) is 59.5 Å². The van der Waals surface area contributed by atoms with Gasteiger partial charge in [-0.15, -0.1) is 0 Å². The van der Waals surface area contributed by atoms with Gasteiger partial charge in [0.2, 0.25) is 0 Å². The first kappa shape index (κ1) is 14.1. The van der Waals surface area contributed by atoms with E-state index in [9.17, 15) is 4.79 Å². The fraction of sp³-hybridized carbons (Fsp3) is 0.667. The lowest BCUT2D eigenvalue weighted by atomic mass is 9.90. The van der Waals surface area contributed by atoms with Crippen molar-refractivity contribution in [2.45, 2.75) is 58.0 Å². The number of aryl methyl sites for hydroxylation is 1. The van der Waals surface area contributed by atoms with Crippen LogP contribution in [0.15, 0.2) is 16.7 Å². The molecule has 1 amide bonds. The third-order valence-corrected chi connectivity index (χ3v) is 3.89. The molecule has 1 aliphatic rings. The van der Waals surface area contributed by atoms with Gasteiger partial charge in [0.25, 0.3) is 5.91 Å². The lowest BCUT2D eigenvalue weighted by Gasteiger charge is -2.35. The summed E-state index contributed by atoms with van der Waals surface area (Å²) in [4.78, 5) is 14.6. The minimum atomic E-state index is 0.0965. The zero-order valence-corrected chi connectivity index (χ0v) is 11.9. The Morgan fingerprint density at radius 2 is 2.11 bits per heavy atom. The van der Waals surface area contributed by atoms with Crippen LogP contribution < -0.4 is 5.73 Å². The third kappa shape index (κ3) is 3.38. The summed E-state index contributed by atoms with van der Waals surface area (Å²) < 4.78 is 5.25. The van der Waals surface area contributed by atoms with E-state index in [-0.39, 0.29) is 5.91 Å². The van der Waals surface area contributed by atoms with Crippen molar-refractivity contribution < 1.29 is 9.21 Å². The van der Waals surface area contributed by atoms with E-state index < -0.39 is 0 Å². The number of carbonyl (C=O) groups is 1. The van der Waals surface area contributed by atoms with Gasteiger partial charge in [-0.1, -0.05) is 6.92 Å². The molecule has 1 aromatic rings. The minimum Gasteiger partial charge on any atom is -0.469 e. The van der Waals surface area contributed by atoms with Crippen LogP contribution in [-0.2, 0) is 0 Å².